The number of fused-ring (bicyclic) bond motifs is 10. The Labute approximate surface area is 225 Å². The van der Waals surface area contributed by atoms with Gasteiger partial charge in [-0.05, 0) is 64.2 Å². The zero-order chi connectivity index (χ0) is 25.5. The Kier molecular flexibility index (Phi) is 4.14. The van der Waals surface area contributed by atoms with Gasteiger partial charge >= 0.3 is 0 Å². The molecule has 39 heavy (non-hydrogen) atoms. The third-order valence-electron chi connectivity index (χ3n) is 8.60. The molecule has 0 spiro atoms. The van der Waals surface area contributed by atoms with Crippen LogP contribution in [0.3, 0.4) is 0 Å². The second-order valence-corrected chi connectivity index (χ2v) is 10.6. The fourth-order valence-corrected chi connectivity index (χ4v) is 7.01. The molecule has 1 aliphatic carbocycles. The summed E-state index contributed by atoms with van der Waals surface area (Å²) in [7, 11) is 0. The van der Waals surface area contributed by atoms with Gasteiger partial charge < -0.3 is 9.55 Å². The molecule has 2 nitrogen and oxygen atoms in total. The largest absolute Gasteiger partial charge is 0.354 e. The summed E-state index contributed by atoms with van der Waals surface area (Å²) in [5.41, 5.74) is 12.8. The SMILES string of the molecule is c1ccc(C2c3ccccc3-c3c2ccc2[nH]c4ccc(-n5c6ccccc6c6ccccc65)cc4c32)cc1. The number of hydrogen-bond acceptors (Lipinski definition) is 0. The Morgan fingerprint density at radius 2 is 1.18 bits per heavy atom. The Morgan fingerprint density at radius 3 is 1.97 bits per heavy atom. The van der Waals surface area contributed by atoms with Gasteiger partial charge in [0.05, 0.1) is 11.0 Å². The Balaban J connectivity index is 1.37. The van der Waals surface area contributed by atoms with Crippen LogP contribution in [0.1, 0.15) is 22.6 Å². The highest BCUT2D eigenvalue weighted by molar-refractivity contribution is 6.17. The van der Waals surface area contributed by atoms with Crippen LogP contribution in [0.2, 0.25) is 0 Å². The summed E-state index contributed by atoms with van der Waals surface area (Å²) in [5.74, 6) is 0.243. The first-order valence-electron chi connectivity index (χ1n) is 13.6. The van der Waals surface area contributed by atoms with E-state index in [-0.39, 0.29) is 5.92 Å². The van der Waals surface area contributed by atoms with Gasteiger partial charge in [-0.2, -0.15) is 0 Å². The molecule has 0 saturated carbocycles. The fraction of sp³-hybridized carbons (Fsp3) is 0.0270. The first-order chi connectivity index (χ1) is 19.4. The Bertz CT molecular complexity index is 2180. The maximum atomic E-state index is 3.73. The molecule has 2 heteroatoms. The molecule has 6 aromatic carbocycles. The maximum Gasteiger partial charge on any atom is 0.0541 e. The lowest BCUT2D eigenvalue weighted by atomic mass is 9.89. The normalized spacial score (nSPS) is 14.4. The number of aromatic nitrogens is 2. The zero-order valence-electron chi connectivity index (χ0n) is 21.2. The van der Waals surface area contributed by atoms with Crippen LogP contribution in [-0.2, 0) is 0 Å². The molecule has 1 N–H and O–H groups in total. The summed E-state index contributed by atoms with van der Waals surface area (Å²) in [4.78, 5) is 3.73. The summed E-state index contributed by atoms with van der Waals surface area (Å²) in [6, 6.07) is 48.8. The predicted molar refractivity (Wildman–Crippen MR) is 163 cm³/mol. The van der Waals surface area contributed by atoms with Crippen molar-refractivity contribution in [1.82, 2.24) is 9.55 Å². The zero-order valence-corrected chi connectivity index (χ0v) is 21.2. The van der Waals surface area contributed by atoms with Crippen molar-refractivity contribution in [2.45, 2.75) is 5.92 Å². The van der Waals surface area contributed by atoms with Crippen LogP contribution >= 0.6 is 0 Å². The van der Waals surface area contributed by atoms with Gasteiger partial charge in [0.15, 0.2) is 0 Å². The number of nitrogens with one attached hydrogen (secondary N) is 1. The van der Waals surface area contributed by atoms with Crippen molar-refractivity contribution in [3.05, 3.63) is 150 Å². The van der Waals surface area contributed by atoms with Crippen LogP contribution < -0.4 is 0 Å². The van der Waals surface area contributed by atoms with Crippen molar-refractivity contribution in [2.75, 3.05) is 0 Å². The number of H-pyrrole nitrogens is 1. The molecule has 8 aromatic rings. The topological polar surface area (TPSA) is 20.7 Å². The highest BCUT2D eigenvalue weighted by Crippen LogP contribution is 2.52. The Hall–Kier alpha value is -5.08. The van der Waals surface area contributed by atoms with E-state index in [1.54, 1.807) is 0 Å². The minimum Gasteiger partial charge on any atom is -0.354 e. The summed E-state index contributed by atoms with van der Waals surface area (Å²) in [6.07, 6.45) is 0. The van der Waals surface area contributed by atoms with Crippen LogP contribution in [0.25, 0.3) is 60.4 Å². The van der Waals surface area contributed by atoms with Gasteiger partial charge in [-0.3, -0.25) is 0 Å². The summed E-state index contributed by atoms with van der Waals surface area (Å²) in [6.45, 7) is 0. The third-order valence-corrected chi connectivity index (χ3v) is 8.60. The van der Waals surface area contributed by atoms with Gasteiger partial charge in [-0.15, -0.1) is 0 Å². The lowest BCUT2D eigenvalue weighted by Crippen LogP contribution is -1.98. The Morgan fingerprint density at radius 1 is 0.513 bits per heavy atom. The maximum absolute atomic E-state index is 3.73. The minimum absolute atomic E-state index is 0.243. The average Bonchev–Trinajstić information content (AvgIpc) is 3.64. The van der Waals surface area contributed by atoms with Crippen molar-refractivity contribution in [2.24, 2.45) is 0 Å². The smallest absolute Gasteiger partial charge is 0.0541 e. The van der Waals surface area contributed by atoms with Gasteiger partial charge in [0.2, 0.25) is 0 Å². The van der Waals surface area contributed by atoms with Crippen molar-refractivity contribution in [3.8, 4) is 16.8 Å². The van der Waals surface area contributed by atoms with Gasteiger partial charge in [-0.25, -0.2) is 0 Å². The standard InChI is InChI=1S/C37H24N2/c1-2-10-23(11-3-1)35-27-14-4-5-15-28(27)36-29(35)19-21-32-37(36)30-22-24(18-20-31(30)38-32)39-33-16-8-6-12-25(33)26-13-7-9-17-34(26)39/h1-22,35,38H. The van der Waals surface area contributed by atoms with E-state index >= 15 is 0 Å². The van der Waals surface area contributed by atoms with Crippen molar-refractivity contribution in [3.63, 3.8) is 0 Å². The lowest BCUT2D eigenvalue weighted by molar-refractivity contribution is 1.02. The molecule has 0 bridgehead atoms. The van der Waals surface area contributed by atoms with E-state index in [4.69, 9.17) is 0 Å². The molecule has 9 rings (SSSR count). The summed E-state index contributed by atoms with van der Waals surface area (Å²) < 4.78 is 2.41. The van der Waals surface area contributed by atoms with E-state index in [9.17, 15) is 0 Å². The molecular formula is C37H24N2. The molecule has 1 atom stereocenters. The molecule has 1 aliphatic rings. The van der Waals surface area contributed by atoms with Crippen LogP contribution in [0.4, 0.5) is 0 Å². The average molecular weight is 497 g/mol. The van der Waals surface area contributed by atoms with E-state index < -0.39 is 0 Å². The summed E-state index contributed by atoms with van der Waals surface area (Å²) in [5, 5.41) is 5.15. The summed E-state index contributed by atoms with van der Waals surface area (Å²) >= 11 is 0. The number of hydrogen-bond donors (Lipinski definition) is 1. The van der Waals surface area contributed by atoms with E-state index in [0.717, 1.165) is 0 Å². The van der Waals surface area contributed by atoms with Gasteiger partial charge in [0.1, 0.15) is 0 Å². The van der Waals surface area contributed by atoms with Gasteiger partial charge in [0, 0.05) is 44.2 Å². The van der Waals surface area contributed by atoms with E-state index in [0.29, 0.717) is 0 Å². The van der Waals surface area contributed by atoms with Crippen molar-refractivity contribution in [1.29, 1.82) is 0 Å². The molecule has 0 saturated heterocycles. The number of para-hydroxylation sites is 2. The third kappa shape index (κ3) is 2.81. The second kappa shape index (κ2) is 7.72. The molecule has 182 valence electrons. The first kappa shape index (κ1) is 20.9. The van der Waals surface area contributed by atoms with E-state index in [1.165, 1.54) is 77.1 Å². The molecule has 2 heterocycles. The fourth-order valence-electron chi connectivity index (χ4n) is 7.01. The van der Waals surface area contributed by atoms with Gasteiger partial charge in [0.25, 0.3) is 0 Å². The molecule has 0 amide bonds. The predicted octanol–water partition coefficient (Wildman–Crippen LogP) is 9.58. The van der Waals surface area contributed by atoms with E-state index in [1.807, 2.05) is 0 Å². The van der Waals surface area contributed by atoms with Crippen LogP contribution in [-0.4, -0.2) is 9.55 Å². The second-order valence-electron chi connectivity index (χ2n) is 10.6. The minimum atomic E-state index is 0.243. The number of aromatic amines is 1. The molecule has 0 radical (unpaired) electrons. The number of benzene rings is 6. The number of nitrogens with zero attached hydrogens (tertiary/aromatic N) is 1. The highest BCUT2D eigenvalue weighted by atomic mass is 15.0. The van der Waals surface area contributed by atoms with Crippen LogP contribution in [0.5, 0.6) is 0 Å². The molecule has 2 aromatic heterocycles. The van der Waals surface area contributed by atoms with Crippen molar-refractivity contribution < 1.29 is 0 Å². The van der Waals surface area contributed by atoms with Gasteiger partial charge in [-0.1, -0.05) is 97.1 Å². The number of rotatable bonds is 2. The monoisotopic (exact) mass is 496 g/mol. The molecular weight excluding hydrogens is 472 g/mol. The van der Waals surface area contributed by atoms with Crippen LogP contribution in [0.15, 0.2) is 133 Å². The lowest BCUT2D eigenvalue weighted by Gasteiger charge is -2.14. The molecule has 1 unspecified atom stereocenters. The van der Waals surface area contributed by atoms with Crippen LogP contribution in [0, 0.1) is 0 Å². The first-order valence-corrected chi connectivity index (χ1v) is 13.6. The molecule has 0 fully saturated rings. The van der Waals surface area contributed by atoms with E-state index in [2.05, 4.69) is 143 Å². The van der Waals surface area contributed by atoms with Crippen molar-refractivity contribution >= 4 is 43.6 Å². The highest BCUT2D eigenvalue weighted by Gasteiger charge is 2.32. The quantitative estimate of drug-likeness (QED) is 0.246. The molecule has 0 aliphatic heterocycles.